The molecule has 3 aromatic rings. The van der Waals surface area contributed by atoms with Crippen LogP contribution in [0.4, 0.5) is 0 Å². The summed E-state index contributed by atoms with van der Waals surface area (Å²) in [6, 6.07) is 16.2. The van der Waals surface area contributed by atoms with Crippen molar-refractivity contribution in [3.8, 4) is 0 Å². The molecule has 1 N–H and O–H groups in total. The first kappa shape index (κ1) is 14.5. The van der Waals surface area contributed by atoms with Crippen molar-refractivity contribution in [2.75, 3.05) is 0 Å². The van der Waals surface area contributed by atoms with Crippen LogP contribution >= 0.6 is 11.3 Å². The van der Waals surface area contributed by atoms with Crippen LogP contribution in [0.1, 0.15) is 27.7 Å². The fourth-order valence-electron chi connectivity index (χ4n) is 2.22. The average Bonchev–Trinajstić information content (AvgIpc) is 2.98. The Morgan fingerprint density at radius 1 is 1.09 bits per heavy atom. The quantitative estimate of drug-likeness (QED) is 0.567. The first-order valence-corrected chi connectivity index (χ1v) is 7.90. The number of hydrogen-bond acceptors (Lipinski definition) is 3. The third-order valence-corrected chi connectivity index (χ3v) is 4.49. The van der Waals surface area contributed by atoms with E-state index in [-0.39, 0.29) is 5.91 Å². The van der Waals surface area contributed by atoms with Crippen LogP contribution < -0.4 is 5.43 Å². The van der Waals surface area contributed by atoms with Crippen molar-refractivity contribution in [1.82, 2.24) is 5.43 Å². The van der Waals surface area contributed by atoms with Gasteiger partial charge >= 0.3 is 0 Å². The Bertz CT molecular complexity index is 864. The Morgan fingerprint density at radius 3 is 2.59 bits per heavy atom. The summed E-state index contributed by atoms with van der Waals surface area (Å²) in [6.45, 7) is 3.86. The number of amides is 1. The Morgan fingerprint density at radius 2 is 1.86 bits per heavy atom. The zero-order chi connectivity index (χ0) is 15.5. The largest absolute Gasteiger partial charge is 0.281 e. The fourth-order valence-corrected chi connectivity index (χ4v) is 3.01. The first-order chi connectivity index (χ1) is 10.6. The normalized spacial score (nSPS) is 11.6. The Balaban J connectivity index is 1.79. The number of nitrogens with zero attached hydrogens (tertiary/aromatic N) is 1. The molecule has 3 rings (SSSR count). The van der Waals surface area contributed by atoms with E-state index in [0.29, 0.717) is 4.88 Å². The van der Waals surface area contributed by atoms with Gasteiger partial charge in [0.05, 0.1) is 10.6 Å². The fraction of sp³-hybridized carbons (Fsp3) is 0.111. The molecule has 0 aliphatic rings. The maximum atomic E-state index is 12.0. The standard InChI is InChI=1S/C18H16N2OS/c1-12-9-17(22-11-12)18(21)20-19-13(2)15-8-7-14-5-3-4-6-16(14)10-15/h3-11H,1-2H3,(H,20,21)/b19-13+. The molecule has 0 fully saturated rings. The number of hydrazone groups is 1. The van der Waals surface area contributed by atoms with Gasteiger partial charge in [-0.3, -0.25) is 4.79 Å². The highest BCUT2D eigenvalue weighted by Gasteiger charge is 2.07. The minimum atomic E-state index is -0.168. The van der Waals surface area contributed by atoms with E-state index in [2.05, 4.69) is 34.8 Å². The second-order valence-electron chi connectivity index (χ2n) is 5.19. The molecule has 1 heterocycles. The minimum absolute atomic E-state index is 0.168. The summed E-state index contributed by atoms with van der Waals surface area (Å²) in [5, 5.41) is 8.52. The molecule has 0 radical (unpaired) electrons. The van der Waals surface area contributed by atoms with Crippen LogP contribution in [0.25, 0.3) is 10.8 Å². The molecule has 3 nitrogen and oxygen atoms in total. The zero-order valence-electron chi connectivity index (χ0n) is 12.5. The van der Waals surface area contributed by atoms with E-state index in [4.69, 9.17) is 0 Å². The number of rotatable bonds is 3. The van der Waals surface area contributed by atoms with Crippen LogP contribution in [0, 0.1) is 6.92 Å². The second-order valence-corrected chi connectivity index (χ2v) is 6.10. The van der Waals surface area contributed by atoms with Gasteiger partial charge in [0.1, 0.15) is 0 Å². The molecule has 110 valence electrons. The smallest absolute Gasteiger partial charge is 0.266 e. The van der Waals surface area contributed by atoms with Gasteiger partial charge in [-0.05, 0) is 53.3 Å². The van der Waals surface area contributed by atoms with Gasteiger partial charge in [-0.15, -0.1) is 11.3 Å². The van der Waals surface area contributed by atoms with Crippen molar-refractivity contribution in [3.63, 3.8) is 0 Å². The van der Waals surface area contributed by atoms with Gasteiger partial charge in [0.25, 0.3) is 5.91 Å². The Kier molecular flexibility index (Phi) is 4.02. The van der Waals surface area contributed by atoms with Crippen LogP contribution in [-0.4, -0.2) is 11.6 Å². The van der Waals surface area contributed by atoms with Crippen LogP contribution in [0.3, 0.4) is 0 Å². The lowest BCUT2D eigenvalue weighted by Crippen LogP contribution is -2.18. The molecule has 22 heavy (non-hydrogen) atoms. The topological polar surface area (TPSA) is 41.5 Å². The molecule has 0 unspecified atom stereocenters. The number of carbonyl (C=O) groups is 1. The van der Waals surface area contributed by atoms with Crippen molar-refractivity contribution in [1.29, 1.82) is 0 Å². The van der Waals surface area contributed by atoms with E-state index < -0.39 is 0 Å². The lowest BCUT2D eigenvalue weighted by atomic mass is 10.0. The number of carbonyl (C=O) groups excluding carboxylic acids is 1. The van der Waals surface area contributed by atoms with Crippen LogP contribution in [0.2, 0.25) is 0 Å². The molecule has 4 heteroatoms. The van der Waals surface area contributed by atoms with Gasteiger partial charge in [0, 0.05) is 0 Å². The highest BCUT2D eigenvalue weighted by Crippen LogP contribution is 2.16. The van der Waals surface area contributed by atoms with E-state index in [1.54, 1.807) is 0 Å². The predicted molar refractivity (Wildman–Crippen MR) is 92.7 cm³/mol. The zero-order valence-corrected chi connectivity index (χ0v) is 13.3. The van der Waals surface area contributed by atoms with Gasteiger partial charge in [-0.1, -0.05) is 36.4 Å². The third-order valence-electron chi connectivity index (χ3n) is 3.45. The molecule has 0 saturated carbocycles. The van der Waals surface area contributed by atoms with Gasteiger partial charge < -0.3 is 0 Å². The number of fused-ring (bicyclic) bond motifs is 1. The van der Waals surface area contributed by atoms with Crippen LogP contribution in [0.5, 0.6) is 0 Å². The van der Waals surface area contributed by atoms with Gasteiger partial charge in [0.2, 0.25) is 0 Å². The summed E-state index contributed by atoms with van der Waals surface area (Å²) in [4.78, 5) is 12.7. The van der Waals surface area contributed by atoms with Crippen LogP contribution in [-0.2, 0) is 0 Å². The van der Waals surface area contributed by atoms with E-state index in [9.17, 15) is 4.79 Å². The lowest BCUT2D eigenvalue weighted by Gasteiger charge is -2.04. The van der Waals surface area contributed by atoms with Gasteiger partial charge in [-0.2, -0.15) is 5.10 Å². The van der Waals surface area contributed by atoms with Gasteiger partial charge in [0.15, 0.2) is 0 Å². The highest BCUT2D eigenvalue weighted by molar-refractivity contribution is 7.12. The molecular formula is C18H16N2OS. The second kappa shape index (κ2) is 6.12. The van der Waals surface area contributed by atoms with E-state index in [1.807, 2.05) is 43.5 Å². The third kappa shape index (κ3) is 3.07. The summed E-state index contributed by atoms with van der Waals surface area (Å²) in [5.41, 5.74) is 5.49. The summed E-state index contributed by atoms with van der Waals surface area (Å²) in [7, 11) is 0. The van der Waals surface area contributed by atoms with Crippen molar-refractivity contribution in [2.24, 2.45) is 5.10 Å². The molecule has 0 bridgehead atoms. The molecule has 0 saturated heterocycles. The monoisotopic (exact) mass is 308 g/mol. The molecule has 1 amide bonds. The molecule has 2 aromatic carbocycles. The SMILES string of the molecule is C/C(=N\NC(=O)c1cc(C)cs1)c1ccc2ccccc2c1. The van der Waals surface area contributed by atoms with Gasteiger partial charge in [-0.25, -0.2) is 5.43 Å². The van der Waals surface area contributed by atoms with E-state index in [0.717, 1.165) is 22.2 Å². The maximum absolute atomic E-state index is 12.0. The van der Waals surface area contributed by atoms with Crippen molar-refractivity contribution < 1.29 is 4.79 Å². The Labute approximate surface area is 133 Å². The summed E-state index contributed by atoms with van der Waals surface area (Å²) in [6.07, 6.45) is 0. The predicted octanol–water partition coefficient (Wildman–Crippen LogP) is 4.36. The maximum Gasteiger partial charge on any atom is 0.281 e. The number of aryl methyl sites for hydroxylation is 1. The molecule has 0 aliphatic heterocycles. The number of nitrogens with one attached hydrogen (secondary N) is 1. The minimum Gasteiger partial charge on any atom is -0.266 e. The van der Waals surface area contributed by atoms with E-state index >= 15 is 0 Å². The van der Waals surface area contributed by atoms with Crippen molar-refractivity contribution in [3.05, 3.63) is 69.9 Å². The summed E-state index contributed by atoms with van der Waals surface area (Å²) in [5.74, 6) is -0.168. The first-order valence-electron chi connectivity index (χ1n) is 7.02. The van der Waals surface area contributed by atoms with Crippen LogP contribution in [0.15, 0.2) is 59.0 Å². The molecule has 0 aliphatic carbocycles. The number of hydrogen-bond donors (Lipinski definition) is 1. The summed E-state index contributed by atoms with van der Waals surface area (Å²) >= 11 is 1.43. The van der Waals surface area contributed by atoms with Crippen molar-refractivity contribution in [2.45, 2.75) is 13.8 Å². The summed E-state index contributed by atoms with van der Waals surface area (Å²) < 4.78 is 0. The molecular weight excluding hydrogens is 292 g/mol. The molecule has 0 atom stereocenters. The van der Waals surface area contributed by atoms with E-state index in [1.165, 1.54) is 16.7 Å². The lowest BCUT2D eigenvalue weighted by molar-refractivity contribution is 0.0959. The molecule has 0 spiro atoms. The molecule has 1 aromatic heterocycles. The number of thiophene rings is 1. The average molecular weight is 308 g/mol. The number of benzene rings is 2. The van der Waals surface area contributed by atoms with Crippen molar-refractivity contribution >= 4 is 33.7 Å². The Hall–Kier alpha value is -2.46. The highest BCUT2D eigenvalue weighted by atomic mass is 32.1.